The van der Waals surface area contributed by atoms with Gasteiger partial charge in [0, 0.05) is 29.9 Å². The zero-order valence-corrected chi connectivity index (χ0v) is 20.9. The Bertz CT molecular complexity index is 950. The number of aliphatic hydroxyl groups is 1. The molecule has 0 fully saturated rings. The number of hydrogen-bond acceptors (Lipinski definition) is 5. The SMILES string of the molecule is CC(C)Nc1ccc2c(c1)OC(C)(C)[C@H](O)[C@H]2N(CCc1ccccc1)C(=O)OC(C)(C)C. The average Bonchev–Trinajstić information content (AvgIpc) is 2.69. The Labute approximate surface area is 197 Å². The van der Waals surface area contributed by atoms with Gasteiger partial charge in [-0.05, 0) is 66.5 Å². The van der Waals surface area contributed by atoms with Crippen LogP contribution in [-0.4, -0.2) is 46.0 Å². The molecule has 2 aromatic rings. The second-order valence-electron chi connectivity index (χ2n) is 10.6. The van der Waals surface area contributed by atoms with Crippen molar-refractivity contribution in [1.29, 1.82) is 0 Å². The summed E-state index contributed by atoms with van der Waals surface area (Å²) >= 11 is 0. The minimum atomic E-state index is -0.933. The number of fused-ring (bicyclic) bond motifs is 1. The number of ether oxygens (including phenoxy) is 2. The van der Waals surface area contributed by atoms with Gasteiger partial charge in [0.1, 0.15) is 23.1 Å². The molecule has 6 nitrogen and oxygen atoms in total. The summed E-state index contributed by atoms with van der Waals surface area (Å²) in [6.07, 6.45) is -0.736. The van der Waals surface area contributed by atoms with Crippen molar-refractivity contribution in [3.05, 3.63) is 59.7 Å². The van der Waals surface area contributed by atoms with Crippen molar-refractivity contribution >= 4 is 11.8 Å². The zero-order chi connectivity index (χ0) is 24.4. The highest BCUT2D eigenvalue weighted by Crippen LogP contribution is 2.44. The van der Waals surface area contributed by atoms with Crippen LogP contribution in [0.3, 0.4) is 0 Å². The van der Waals surface area contributed by atoms with Crippen LogP contribution in [0, 0.1) is 0 Å². The summed E-state index contributed by atoms with van der Waals surface area (Å²) in [6.45, 7) is 13.8. The first-order valence-electron chi connectivity index (χ1n) is 11.7. The van der Waals surface area contributed by atoms with Crippen LogP contribution in [0.2, 0.25) is 0 Å². The second kappa shape index (κ2) is 9.64. The molecule has 0 aromatic heterocycles. The second-order valence-corrected chi connectivity index (χ2v) is 10.6. The average molecular weight is 455 g/mol. The van der Waals surface area contributed by atoms with Crippen molar-refractivity contribution in [3.8, 4) is 5.75 Å². The van der Waals surface area contributed by atoms with Gasteiger partial charge in [-0.25, -0.2) is 4.79 Å². The monoisotopic (exact) mass is 454 g/mol. The van der Waals surface area contributed by atoms with Crippen molar-refractivity contribution < 1.29 is 19.4 Å². The fourth-order valence-corrected chi connectivity index (χ4v) is 4.08. The van der Waals surface area contributed by atoms with E-state index in [-0.39, 0.29) is 6.04 Å². The molecule has 0 spiro atoms. The molecule has 2 aromatic carbocycles. The Morgan fingerprint density at radius 3 is 2.45 bits per heavy atom. The number of amides is 1. The predicted molar refractivity (Wildman–Crippen MR) is 132 cm³/mol. The van der Waals surface area contributed by atoms with E-state index in [4.69, 9.17) is 9.47 Å². The molecule has 6 heteroatoms. The highest BCUT2D eigenvalue weighted by Gasteiger charge is 2.47. The number of benzene rings is 2. The van der Waals surface area contributed by atoms with E-state index in [1.165, 1.54) is 0 Å². The normalized spacial score (nSPS) is 19.4. The number of hydrogen-bond donors (Lipinski definition) is 2. The molecule has 1 aliphatic rings. The smallest absolute Gasteiger partial charge is 0.410 e. The van der Waals surface area contributed by atoms with E-state index < -0.39 is 29.4 Å². The topological polar surface area (TPSA) is 71.0 Å². The molecule has 0 saturated carbocycles. The predicted octanol–water partition coefficient (Wildman–Crippen LogP) is 5.56. The van der Waals surface area contributed by atoms with Crippen molar-refractivity contribution in [1.82, 2.24) is 4.90 Å². The molecule has 0 aliphatic carbocycles. The number of nitrogens with one attached hydrogen (secondary N) is 1. The van der Waals surface area contributed by atoms with Gasteiger partial charge in [-0.3, -0.25) is 4.90 Å². The van der Waals surface area contributed by atoms with Gasteiger partial charge in [-0.1, -0.05) is 36.4 Å². The van der Waals surface area contributed by atoms with Gasteiger partial charge in [-0.15, -0.1) is 0 Å². The van der Waals surface area contributed by atoms with E-state index in [1.54, 1.807) is 4.90 Å². The molecule has 3 rings (SSSR count). The number of carbonyl (C=O) groups excluding carboxylic acids is 1. The molecule has 0 unspecified atom stereocenters. The molecule has 2 atom stereocenters. The fraction of sp³-hybridized carbons (Fsp3) is 0.519. The largest absolute Gasteiger partial charge is 0.485 e. The molecule has 1 heterocycles. The number of rotatable bonds is 6. The Morgan fingerprint density at radius 2 is 1.85 bits per heavy atom. The van der Waals surface area contributed by atoms with E-state index >= 15 is 0 Å². The summed E-state index contributed by atoms with van der Waals surface area (Å²) in [5.41, 5.74) is 1.28. The maximum atomic E-state index is 13.4. The van der Waals surface area contributed by atoms with Crippen LogP contribution in [0.5, 0.6) is 5.75 Å². The molecule has 0 radical (unpaired) electrons. The molecular formula is C27H38N2O4. The summed E-state index contributed by atoms with van der Waals surface area (Å²) < 4.78 is 12.0. The third-order valence-electron chi connectivity index (χ3n) is 5.62. The van der Waals surface area contributed by atoms with E-state index in [0.29, 0.717) is 18.7 Å². The van der Waals surface area contributed by atoms with Crippen molar-refractivity contribution in [2.75, 3.05) is 11.9 Å². The van der Waals surface area contributed by atoms with Gasteiger partial charge in [0.15, 0.2) is 0 Å². The van der Waals surface area contributed by atoms with E-state index in [2.05, 4.69) is 19.2 Å². The minimum Gasteiger partial charge on any atom is -0.485 e. The Balaban J connectivity index is 2.01. The summed E-state index contributed by atoms with van der Waals surface area (Å²) in [5, 5.41) is 14.8. The van der Waals surface area contributed by atoms with Gasteiger partial charge >= 0.3 is 6.09 Å². The third-order valence-corrected chi connectivity index (χ3v) is 5.62. The number of anilines is 1. The van der Waals surface area contributed by atoms with Gasteiger partial charge in [-0.2, -0.15) is 0 Å². The summed E-state index contributed by atoms with van der Waals surface area (Å²) in [5.74, 6) is 0.661. The lowest BCUT2D eigenvalue weighted by Gasteiger charge is -2.46. The lowest BCUT2D eigenvalue weighted by atomic mass is 9.85. The Kier molecular flexibility index (Phi) is 7.27. The first-order valence-corrected chi connectivity index (χ1v) is 11.7. The highest BCUT2D eigenvalue weighted by molar-refractivity contribution is 5.70. The number of aliphatic hydroxyl groups excluding tert-OH is 1. The van der Waals surface area contributed by atoms with E-state index in [9.17, 15) is 9.90 Å². The van der Waals surface area contributed by atoms with Crippen LogP contribution in [0.15, 0.2) is 48.5 Å². The molecular weight excluding hydrogens is 416 g/mol. The fourth-order valence-electron chi connectivity index (χ4n) is 4.08. The van der Waals surface area contributed by atoms with Crippen LogP contribution in [0.1, 0.15) is 65.6 Å². The first kappa shape index (κ1) is 24.9. The van der Waals surface area contributed by atoms with Crippen molar-refractivity contribution in [2.24, 2.45) is 0 Å². The van der Waals surface area contributed by atoms with Gasteiger partial charge in [0.05, 0.1) is 6.04 Å². The summed E-state index contributed by atoms with van der Waals surface area (Å²) in [6, 6.07) is 15.5. The Morgan fingerprint density at radius 1 is 1.18 bits per heavy atom. The zero-order valence-electron chi connectivity index (χ0n) is 20.9. The molecule has 2 N–H and O–H groups in total. The van der Waals surface area contributed by atoms with Crippen LogP contribution >= 0.6 is 0 Å². The lowest BCUT2D eigenvalue weighted by Crippen LogP contribution is -2.55. The Hall–Kier alpha value is -2.73. The van der Waals surface area contributed by atoms with Crippen LogP contribution in [-0.2, 0) is 11.2 Å². The standard InChI is InChI=1S/C27H38N2O4/c1-18(2)28-20-13-14-21-22(17-20)32-27(6,7)24(30)23(21)29(25(31)33-26(3,4)5)16-15-19-11-9-8-10-12-19/h8-14,17-18,23-24,28,30H,15-16H2,1-7H3/t23-,24+/m0/s1. The number of carbonyl (C=O) groups is 1. The third kappa shape index (κ3) is 6.20. The van der Waals surface area contributed by atoms with Crippen molar-refractivity contribution in [2.45, 2.75) is 84.3 Å². The first-order chi connectivity index (χ1) is 15.4. The minimum absolute atomic E-state index is 0.269. The molecule has 1 aliphatic heterocycles. The summed E-state index contributed by atoms with van der Waals surface area (Å²) in [7, 11) is 0. The lowest BCUT2D eigenvalue weighted by molar-refractivity contribution is -0.0937. The number of nitrogens with zero attached hydrogens (tertiary/aromatic N) is 1. The quantitative estimate of drug-likeness (QED) is 0.598. The van der Waals surface area contributed by atoms with Gasteiger partial charge in [0.25, 0.3) is 0 Å². The van der Waals surface area contributed by atoms with Crippen LogP contribution in [0.25, 0.3) is 0 Å². The molecule has 0 bridgehead atoms. The maximum absolute atomic E-state index is 13.4. The molecule has 180 valence electrons. The molecule has 1 amide bonds. The van der Waals surface area contributed by atoms with Crippen molar-refractivity contribution in [3.63, 3.8) is 0 Å². The van der Waals surface area contributed by atoms with Crippen LogP contribution < -0.4 is 10.1 Å². The van der Waals surface area contributed by atoms with Gasteiger partial charge in [0.2, 0.25) is 0 Å². The molecule has 0 saturated heterocycles. The van der Waals surface area contributed by atoms with Gasteiger partial charge < -0.3 is 19.9 Å². The summed E-state index contributed by atoms with van der Waals surface area (Å²) in [4.78, 5) is 15.1. The maximum Gasteiger partial charge on any atom is 0.410 e. The highest BCUT2D eigenvalue weighted by atomic mass is 16.6. The van der Waals surface area contributed by atoms with E-state index in [1.807, 2.05) is 83.1 Å². The van der Waals surface area contributed by atoms with Crippen LogP contribution in [0.4, 0.5) is 10.5 Å². The van der Waals surface area contributed by atoms with E-state index in [0.717, 1.165) is 16.8 Å². The molecule has 33 heavy (non-hydrogen) atoms.